The van der Waals surface area contributed by atoms with Crippen LogP contribution in [-0.4, -0.2) is 5.91 Å². The number of aryl methyl sites for hydroxylation is 3. The van der Waals surface area contributed by atoms with E-state index < -0.39 is 0 Å². The molecule has 0 saturated carbocycles. The number of benzene rings is 2. The van der Waals surface area contributed by atoms with Gasteiger partial charge in [0, 0.05) is 16.6 Å². The van der Waals surface area contributed by atoms with Crippen LogP contribution in [0, 0.1) is 6.92 Å². The SMILES string of the molecule is CCc1cccc(CC)c1NC(=O)c1oc2ccccc2c1C. The molecular formula is C20H21NO2. The molecule has 1 N–H and O–H groups in total. The van der Waals surface area contributed by atoms with Gasteiger partial charge in [0.1, 0.15) is 5.58 Å². The first-order chi connectivity index (χ1) is 11.2. The zero-order valence-electron chi connectivity index (χ0n) is 13.8. The van der Waals surface area contributed by atoms with Gasteiger partial charge >= 0.3 is 0 Å². The normalized spacial score (nSPS) is 10.9. The number of nitrogens with one attached hydrogen (secondary N) is 1. The van der Waals surface area contributed by atoms with Crippen LogP contribution in [0.5, 0.6) is 0 Å². The van der Waals surface area contributed by atoms with Crippen molar-refractivity contribution in [2.75, 3.05) is 5.32 Å². The van der Waals surface area contributed by atoms with Crippen LogP contribution in [0.4, 0.5) is 5.69 Å². The van der Waals surface area contributed by atoms with Gasteiger partial charge in [0.05, 0.1) is 0 Å². The second-order valence-corrected chi connectivity index (χ2v) is 5.66. The number of carbonyl (C=O) groups excluding carboxylic acids is 1. The molecule has 1 amide bonds. The van der Waals surface area contributed by atoms with Crippen molar-refractivity contribution in [1.29, 1.82) is 0 Å². The smallest absolute Gasteiger partial charge is 0.291 e. The van der Waals surface area contributed by atoms with Crippen LogP contribution < -0.4 is 5.32 Å². The lowest BCUT2D eigenvalue weighted by Gasteiger charge is -2.13. The van der Waals surface area contributed by atoms with Crippen molar-refractivity contribution in [2.24, 2.45) is 0 Å². The van der Waals surface area contributed by atoms with Gasteiger partial charge in [-0.25, -0.2) is 0 Å². The summed E-state index contributed by atoms with van der Waals surface area (Å²) in [6, 6.07) is 13.9. The van der Waals surface area contributed by atoms with E-state index in [9.17, 15) is 4.79 Å². The molecule has 3 rings (SSSR count). The van der Waals surface area contributed by atoms with Crippen molar-refractivity contribution >= 4 is 22.6 Å². The summed E-state index contributed by atoms with van der Waals surface area (Å²) >= 11 is 0. The van der Waals surface area contributed by atoms with E-state index in [1.807, 2.05) is 37.3 Å². The number of carbonyl (C=O) groups is 1. The molecule has 0 radical (unpaired) electrons. The number of hydrogen-bond acceptors (Lipinski definition) is 2. The molecule has 0 saturated heterocycles. The van der Waals surface area contributed by atoms with Gasteiger partial charge in [0.2, 0.25) is 0 Å². The highest BCUT2D eigenvalue weighted by Crippen LogP contribution is 2.27. The van der Waals surface area contributed by atoms with Crippen LogP contribution in [0.15, 0.2) is 46.9 Å². The summed E-state index contributed by atoms with van der Waals surface area (Å²) in [4.78, 5) is 12.7. The van der Waals surface area contributed by atoms with E-state index in [0.29, 0.717) is 5.76 Å². The van der Waals surface area contributed by atoms with E-state index in [0.717, 1.165) is 46.2 Å². The highest BCUT2D eigenvalue weighted by molar-refractivity contribution is 6.07. The van der Waals surface area contributed by atoms with Gasteiger partial charge in [-0.3, -0.25) is 4.79 Å². The minimum Gasteiger partial charge on any atom is -0.451 e. The van der Waals surface area contributed by atoms with Gasteiger partial charge in [-0.15, -0.1) is 0 Å². The summed E-state index contributed by atoms with van der Waals surface area (Å²) in [5.41, 5.74) is 4.83. The molecule has 0 fully saturated rings. The van der Waals surface area contributed by atoms with Gasteiger partial charge in [-0.2, -0.15) is 0 Å². The molecule has 0 aliphatic rings. The van der Waals surface area contributed by atoms with Gasteiger partial charge in [0.25, 0.3) is 5.91 Å². The standard InChI is InChI=1S/C20H21NO2/c1-4-14-9-8-10-15(5-2)18(14)21-20(22)19-13(3)16-11-6-7-12-17(16)23-19/h6-12H,4-5H2,1-3H3,(H,21,22). The molecular weight excluding hydrogens is 286 g/mol. The Kier molecular flexibility index (Phi) is 4.20. The van der Waals surface area contributed by atoms with Crippen LogP contribution in [0.25, 0.3) is 11.0 Å². The van der Waals surface area contributed by atoms with Crippen molar-refractivity contribution in [3.8, 4) is 0 Å². The van der Waals surface area contributed by atoms with Crippen LogP contribution in [-0.2, 0) is 12.8 Å². The number of fused-ring (bicyclic) bond motifs is 1. The molecule has 3 aromatic rings. The van der Waals surface area contributed by atoms with Crippen molar-refractivity contribution in [1.82, 2.24) is 0 Å². The largest absolute Gasteiger partial charge is 0.451 e. The summed E-state index contributed by atoms with van der Waals surface area (Å²) in [5.74, 6) is 0.202. The third-order valence-corrected chi connectivity index (χ3v) is 4.29. The van der Waals surface area contributed by atoms with E-state index in [1.54, 1.807) is 0 Å². The van der Waals surface area contributed by atoms with Gasteiger partial charge in [-0.1, -0.05) is 50.2 Å². The molecule has 1 heterocycles. The lowest BCUT2D eigenvalue weighted by molar-refractivity contribution is 0.0997. The summed E-state index contributed by atoms with van der Waals surface area (Å²) in [5, 5.41) is 4.05. The Morgan fingerprint density at radius 3 is 2.26 bits per heavy atom. The van der Waals surface area contributed by atoms with E-state index in [1.165, 1.54) is 0 Å². The zero-order chi connectivity index (χ0) is 16.4. The number of anilines is 1. The Labute approximate surface area is 136 Å². The molecule has 23 heavy (non-hydrogen) atoms. The Bertz CT molecular complexity index is 839. The molecule has 1 aromatic heterocycles. The first-order valence-corrected chi connectivity index (χ1v) is 8.06. The summed E-state index contributed by atoms with van der Waals surface area (Å²) in [6.07, 6.45) is 1.76. The molecule has 0 aliphatic heterocycles. The van der Waals surface area contributed by atoms with E-state index in [2.05, 4.69) is 31.3 Å². The quantitative estimate of drug-likeness (QED) is 0.727. The topological polar surface area (TPSA) is 42.2 Å². The summed E-state index contributed by atoms with van der Waals surface area (Å²) in [6.45, 7) is 6.11. The average molecular weight is 307 g/mol. The first kappa shape index (κ1) is 15.3. The Morgan fingerprint density at radius 1 is 1.00 bits per heavy atom. The van der Waals surface area contributed by atoms with E-state index in [4.69, 9.17) is 4.42 Å². The van der Waals surface area contributed by atoms with Crippen LogP contribution in [0.2, 0.25) is 0 Å². The predicted octanol–water partition coefficient (Wildman–Crippen LogP) is 5.12. The maximum absolute atomic E-state index is 12.7. The molecule has 3 nitrogen and oxygen atoms in total. The van der Waals surface area contributed by atoms with Gasteiger partial charge in [0.15, 0.2) is 5.76 Å². The molecule has 118 valence electrons. The van der Waals surface area contributed by atoms with E-state index >= 15 is 0 Å². The zero-order valence-corrected chi connectivity index (χ0v) is 13.8. The average Bonchev–Trinajstić information content (AvgIpc) is 2.92. The number of hydrogen-bond donors (Lipinski definition) is 1. The van der Waals surface area contributed by atoms with Gasteiger partial charge in [-0.05, 0) is 37.0 Å². The first-order valence-electron chi connectivity index (χ1n) is 8.06. The summed E-state index contributed by atoms with van der Waals surface area (Å²) in [7, 11) is 0. The number of furan rings is 1. The number of para-hydroxylation sites is 2. The third kappa shape index (κ3) is 2.74. The Morgan fingerprint density at radius 2 is 1.65 bits per heavy atom. The molecule has 3 heteroatoms. The Balaban J connectivity index is 2.00. The third-order valence-electron chi connectivity index (χ3n) is 4.29. The fourth-order valence-electron chi connectivity index (χ4n) is 2.96. The van der Waals surface area contributed by atoms with Crippen LogP contribution in [0.1, 0.15) is 41.1 Å². The van der Waals surface area contributed by atoms with Gasteiger partial charge < -0.3 is 9.73 Å². The lowest BCUT2D eigenvalue weighted by atomic mass is 10.0. The van der Waals surface area contributed by atoms with Crippen molar-refractivity contribution in [3.05, 3.63) is 64.9 Å². The summed E-state index contributed by atoms with van der Waals surface area (Å²) < 4.78 is 5.77. The molecule has 0 aliphatic carbocycles. The predicted molar refractivity (Wildman–Crippen MR) is 94.1 cm³/mol. The molecule has 0 bridgehead atoms. The highest BCUT2D eigenvalue weighted by atomic mass is 16.3. The second-order valence-electron chi connectivity index (χ2n) is 5.66. The monoisotopic (exact) mass is 307 g/mol. The fraction of sp³-hybridized carbons (Fsp3) is 0.250. The maximum atomic E-state index is 12.7. The fourth-order valence-corrected chi connectivity index (χ4v) is 2.96. The molecule has 0 spiro atoms. The van der Waals surface area contributed by atoms with E-state index in [-0.39, 0.29) is 5.91 Å². The molecule has 2 aromatic carbocycles. The second kappa shape index (κ2) is 6.29. The minimum atomic E-state index is -0.186. The number of amides is 1. The van der Waals surface area contributed by atoms with Crippen molar-refractivity contribution < 1.29 is 9.21 Å². The maximum Gasteiger partial charge on any atom is 0.291 e. The van der Waals surface area contributed by atoms with Crippen molar-refractivity contribution in [3.63, 3.8) is 0 Å². The van der Waals surface area contributed by atoms with Crippen LogP contribution in [0.3, 0.4) is 0 Å². The Hall–Kier alpha value is -2.55. The minimum absolute atomic E-state index is 0.186. The molecule has 0 unspecified atom stereocenters. The molecule has 0 atom stereocenters. The van der Waals surface area contributed by atoms with Crippen LogP contribution >= 0.6 is 0 Å². The van der Waals surface area contributed by atoms with Crippen molar-refractivity contribution in [2.45, 2.75) is 33.6 Å². The number of rotatable bonds is 4. The highest BCUT2D eigenvalue weighted by Gasteiger charge is 2.19. The lowest BCUT2D eigenvalue weighted by Crippen LogP contribution is -2.15.